The molecule has 0 heterocycles. The van der Waals surface area contributed by atoms with Crippen LogP contribution in [-0.2, 0) is 10.4 Å². The SMILES string of the molecule is CC1CCC/C(=N\NC(=O)C(O)(c2ccccc2)c2ccccc2)C1. The first-order valence-electron chi connectivity index (χ1n) is 8.80. The van der Waals surface area contributed by atoms with E-state index in [-0.39, 0.29) is 0 Å². The fourth-order valence-corrected chi connectivity index (χ4v) is 3.36. The zero-order chi connectivity index (χ0) is 17.7. The van der Waals surface area contributed by atoms with Gasteiger partial charge in [0.15, 0.2) is 5.60 Å². The van der Waals surface area contributed by atoms with Gasteiger partial charge in [-0.2, -0.15) is 5.10 Å². The van der Waals surface area contributed by atoms with Crippen LogP contribution in [0.4, 0.5) is 0 Å². The minimum Gasteiger partial charge on any atom is -0.372 e. The number of hydrogen-bond donors (Lipinski definition) is 2. The molecular formula is C21H24N2O2. The lowest BCUT2D eigenvalue weighted by Gasteiger charge is -2.27. The Hall–Kier alpha value is -2.46. The number of rotatable bonds is 4. The number of hydrogen-bond acceptors (Lipinski definition) is 3. The summed E-state index contributed by atoms with van der Waals surface area (Å²) in [5.74, 6) is 0.0576. The number of nitrogens with one attached hydrogen (secondary N) is 1. The van der Waals surface area contributed by atoms with E-state index in [1.807, 2.05) is 36.4 Å². The Balaban J connectivity index is 1.90. The zero-order valence-electron chi connectivity index (χ0n) is 14.5. The van der Waals surface area contributed by atoms with Crippen LogP contribution in [0, 0.1) is 5.92 Å². The van der Waals surface area contributed by atoms with Crippen LogP contribution in [0.3, 0.4) is 0 Å². The van der Waals surface area contributed by atoms with Crippen LogP contribution in [0.5, 0.6) is 0 Å². The summed E-state index contributed by atoms with van der Waals surface area (Å²) in [6.07, 6.45) is 4.09. The molecule has 4 heteroatoms. The van der Waals surface area contributed by atoms with Gasteiger partial charge in [-0.05, 0) is 42.7 Å². The number of amides is 1. The highest BCUT2D eigenvalue weighted by Crippen LogP contribution is 2.30. The molecule has 0 radical (unpaired) electrons. The first-order chi connectivity index (χ1) is 12.1. The minimum absolute atomic E-state index is 0.524. The van der Waals surface area contributed by atoms with Crippen LogP contribution in [0.1, 0.15) is 43.7 Å². The van der Waals surface area contributed by atoms with E-state index < -0.39 is 11.5 Å². The molecule has 25 heavy (non-hydrogen) atoms. The highest BCUT2D eigenvalue weighted by Gasteiger charge is 2.40. The molecular weight excluding hydrogens is 312 g/mol. The third-order valence-corrected chi connectivity index (χ3v) is 4.77. The Bertz CT molecular complexity index is 702. The van der Waals surface area contributed by atoms with E-state index in [0.717, 1.165) is 25.0 Å². The van der Waals surface area contributed by atoms with Crippen LogP contribution in [0.25, 0.3) is 0 Å². The van der Waals surface area contributed by atoms with E-state index in [1.165, 1.54) is 6.42 Å². The zero-order valence-corrected chi connectivity index (χ0v) is 14.5. The molecule has 4 nitrogen and oxygen atoms in total. The molecule has 1 atom stereocenters. The molecule has 1 aliphatic rings. The first kappa shape index (κ1) is 17.4. The number of carbonyl (C=O) groups is 1. The average Bonchev–Trinajstić information content (AvgIpc) is 2.67. The lowest BCUT2D eigenvalue weighted by atomic mass is 9.85. The lowest BCUT2D eigenvalue weighted by Crippen LogP contribution is -2.44. The summed E-state index contributed by atoms with van der Waals surface area (Å²) < 4.78 is 0. The van der Waals surface area contributed by atoms with Crippen molar-refractivity contribution in [3.63, 3.8) is 0 Å². The van der Waals surface area contributed by atoms with Crippen LogP contribution in [-0.4, -0.2) is 16.7 Å². The summed E-state index contributed by atoms with van der Waals surface area (Å²) in [6.45, 7) is 2.20. The van der Waals surface area contributed by atoms with Crippen LogP contribution < -0.4 is 5.43 Å². The van der Waals surface area contributed by atoms with Gasteiger partial charge in [0, 0.05) is 5.71 Å². The smallest absolute Gasteiger partial charge is 0.281 e. The third kappa shape index (κ3) is 3.80. The summed E-state index contributed by atoms with van der Waals surface area (Å²) in [6, 6.07) is 18.0. The van der Waals surface area contributed by atoms with E-state index in [2.05, 4.69) is 17.5 Å². The molecule has 1 aliphatic carbocycles. The number of benzene rings is 2. The lowest BCUT2D eigenvalue weighted by molar-refractivity contribution is -0.136. The summed E-state index contributed by atoms with van der Waals surface area (Å²) in [5, 5.41) is 15.6. The Morgan fingerprint density at radius 3 is 2.16 bits per heavy atom. The molecule has 0 saturated heterocycles. The molecule has 1 unspecified atom stereocenters. The Labute approximate surface area is 148 Å². The maximum Gasteiger partial charge on any atom is 0.281 e. The monoisotopic (exact) mass is 336 g/mol. The third-order valence-electron chi connectivity index (χ3n) is 4.77. The van der Waals surface area contributed by atoms with E-state index in [1.54, 1.807) is 24.3 Å². The van der Waals surface area contributed by atoms with Crippen molar-refractivity contribution in [2.24, 2.45) is 11.0 Å². The largest absolute Gasteiger partial charge is 0.372 e. The van der Waals surface area contributed by atoms with Crippen LogP contribution >= 0.6 is 0 Å². The molecule has 2 N–H and O–H groups in total. The van der Waals surface area contributed by atoms with Gasteiger partial charge in [-0.1, -0.05) is 67.6 Å². The molecule has 2 aromatic carbocycles. The van der Waals surface area contributed by atoms with Gasteiger partial charge in [-0.15, -0.1) is 0 Å². The van der Waals surface area contributed by atoms with Crippen LogP contribution in [0.15, 0.2) is 65.8 Å². The Morgan fingerprint density at radius 1 is 1.08 bits per heavy atom. The molecule has 0 spiro atoms. The van der Waals surface area contributed by atoms with Crippen molar-refractivity contribution in [1.29, 1.82) is 0 Å². The van der Waals surface area contributed by atoms with Gasteiger partial charge in [-0.25, -0.2) is 5.43 Å². The second-order valence-electron chi connectivity index (χ2n) is 6.76. The molecule has 0 aliphatic heterocycles. The topological polar surface area (TPSA) is 61.7 Å². The standard InChI is InChI=1S/C21H24N2O2/c1-16-9-8-14-19(15-16)22-23-20(24)21(25,17-10-4-2-5-11-17)18-12-6-3-7-13-18/h2-7,10-13,16,25H,8-9,14-15H2,1H3,(H,23,24)/b22-19+. The highest BCUT2D eigenvalue weighted by molar-refractivity contribution is 5.92. The van der Waals surface area contributed by atoms with Gasteiger partial charge in [0.1, 0.15) is 0 Å². The fraction of sp³-hybridized carbons (Fsp3) is 0.333. The van der Waals surface area contributed by atoms with E-state index >= 15 is 0 Å². The van der Waals surface area contributed by atoms with Gasteiger partial charge in [0.05, 0.1) is 0 Å². The molecule has 1 amide bonds. The molecule has 130 valence electrons. The van der Waals surface area contributed by atoms with Crippen molar-refractivity contribution >= 4 is 11.6 Å². The molecule has 1 saturated carbocycles. The van der Waals surface area contributed by atoms with Gasteiger partial charge in [-0.3, -0.25) is 4.79 Å². The maximum atomic E-state index is 12.9. The number of nitrogens with zero attached hydrogens (tertiary/aromatic N) is 1. The number of carbonyl (C=O) groups excluding carboxylic acids is 1. The van der Waals surface area contributed by atoms with Gasteiger partial charge in [0.25, 0.3) is 5.91 Å². The Morgan fingerprint density at radius 2 is 1.64 bits per heavy atom. The summed E-state index contributed by atoms with van der Waals surface area (Å²) in [5.41, 5.74) is 2.88. The normalized spacial score (nSPS) is 19.6. The molecule has 2 aromatic rings. The highest BCUT2D eigenvalue weighted by atomic mass is 16.3. The number of aliphatic hydroxyl groups is 1. The average molecular weight is 336 g/mol. The molecule has 3 rings (SSSR count). The van der Waals surface area contributed by atoms with Crippen molar-refractivity contribution in [2.45, 2.75) is 38.2 Å². The molecule has 1 fully saturated rings. The van der Waals surface area contributed by atoms with E-state index in [0.29, 0.717) is 17.0 Å². The van der Waals surface area contributed by atoms with E-state index in [4.69, 9.17) is 0 Å². The van der Waals surface area contributed by atoms with Crippen molar-refractivity contribution in [3.05, 3.63) is 71.8 Å². The summed E-state index contributed by atoms with van der Waals surface area (Å²) in [7, 11) is 0. The van der Waals surface area contributed by atoms with Gasteiger partial charge >= 0.3 is 0 Å². The van der Waals surface area contributed by atoms with Gasteiger partial charge < -0.3 is 5.11 Å². The van der Waals surface area contributed by atoms with Crippen molar-refractivity contribution < 1.29 is 9.90 Å². The van der Waals surface area contributed by atoms with Crippen LogP contribution in [0.2, 0.25) is 0 Å². The molecule has 0 aromatic heterocycles. The molecule has 0 bridgehead atoms. The summed E-state index contributed by atoms with van der Waals surface area (Å²) >= 11 is 0. The second kappa shape index (κ2) is 7.62. The Kier molecular flexibility index (Phi) is 5.29. The maximum absolute atomic E-state index is 12.9. The summed E-state index contributed by atoms with van der Waals surface area (Å²) in [4.78, 5) is 12.9. The van der Waals surface area contributed by atoms with Crippen molar-refractivity contribution in [2.75, 3.05) is 0 Å². The first-order valence-corrected chi connectivity index (χ1v) is 8.80. The predicted molar refractivity (Wildman–Crippen MR) is 99.1 cm³/mol. The van der Waals surface area contributed by atoms with Crippen molar-refractivity contribution in [3.8, 4) is 0 Å². The predicted octanol–water partition coefficient (Wildman–Crippen LogP) is 3.60. The quantitative estimate of drug-likeness (QED) is 0.838. The fourth-order valence-electron chi connectivity index (χ4n) is 3.36. The van der Waals surface area contributed by atoms with Gasteiger partial charge in [0.2, 0.25) is 0 Å². The minimum atomic E-state index is -1.77. The number of hydrazone groups is 1. The van der Waals surface area contributed by atoms with Crippen molar-refractivity contribution in [1.82, 2.24) is 5.43 Å². The van der Waals surface area contributed by atoms with E-state index in [9.17, 15) is 9.90 Å². The second-order valence-corrected chi connectivity index (χ2v) is 6.76.